The number of hydrogen-bond donors (Lipinski definition) is 1. The summed E-state index contributed by atoms with van der Waals surface area (Å²) in [5, 5.41) is 2.77. The Labute approximate surface area is 131 Å². The van der Waals surface area contributed by atoms with Crippen LogP contribution in [0.4, 0.5) is 5.69 Å². The number of anilines is 1. The molecule has 0 fully saturated rings. The molecule has 6 heteroatoms. The van der Waals surface area contributed by atoms with E-state index < -0.39 is 10.8 Å². The summed E-state index contributed by atoms with van der Waals surface area (Å²) < 4.78 is 12.8. The molecule has 1 aromatic carbocycles. The van der Waals surface area contributed by atoms with Crippen molar-refractivity contribution in [3.05, 3.63) is 64.1 Å². The van der Waals surface area contributed by atoms with Crippen molar-refractivity contribution in [3.8, 4) is 0 Å². The molecule has 0 spiro atoms. The van der Waals surface area contributed by atoms with Crippen molar-refractivity contribution in [3.63, 3.8) is 0 Å². The standard InChI is InChI=1S/C16H18N2O3S/c1-3-18-10-14(7-8-15(18)19)17-16(20)13-6-4-5-12(9-13)11-22(2)21/h4-10H,3,11H2,1-2H3,(H,17,20)/t22-/m0/s1. The highest BCUT2D eigenvalue weighted by Gasteiger charge is 2.08. The molecule has 1 amide bonds. The molecule has 0 aliphatic carbocycles. The van der Waals surface area contributed by atoms with Crippen molar-refractivity contribution < 1.29 is 9.00 Å². The molecule has 1 atom stereocenters. The maximum absolute atomic E-state index is 12.3. The van der Waals surface area contributed by atoms with Crippen LogP contribution >= 0.6 is 0 Å². The van der Waals surface area contributed by atoms with Gasteiger partial charge in [0.1, 0.15) is 0 Å². The second-order valence-electron chi connectivity index (χ2n) is 4.91. The molecule has 0 bridgehead atoms. The molecule has 0 radical (unpaired) electrons. The van der Waals surface area contributed by atoms with Gasteiger partial charge in [0.25, 0.3) is 11.5 Å². The molecule has 0 aliphatic heterocycles. The van der Waals surface area contributed by atoms with Gasteiger partial charge in [-0.05, 0) is 30.7 Å². The van der Waals surface area contributed by atoms with Gasteiger partial charge in [0.15, 0.2) is 0 Å². The number of carbonyl (C=O) groups is 1. The van der Waals surface area contributed by atoms with Crippen molar-refractivity contribution in [1.82, 2.24) is 4.57 Å². The molecular weight excluding hydrogens is 300 g/mol. The molecule has 116 valence electrons. The third kappa shape index (κ3) is 4.14. The van der Waals surface area contributed by atoms with Crippen LogP contribution in [0.25, 0.3) is 0 Å². The van der Waals surface area contributed by atoms with Gasteiger partial charge in [-0.1, -0.05) is 12.1 Å². The second-order valence-corrected chi connectivity index (χ2v) is 6.35. The van der Waals surface area contributed by atoms with Gasteiger partial charge in [-0.2, -0.15) is 0 Å². The van der Waals surface area contributed by atoms with Gasteiger partial charge in [0.05, 0.1) is 5.69 Å². The highest BCUT2D eigenvalue weighted by molar-refractivity contribution is 7.83. The first-order valence-corrected chi connectivity index (χ1v) is 8.63. The molecule has 5 nitrogen and oxygen atoms in total. The van der Waals surface area contributed by atoms with E-state index in [1.165, 1.54) is 10.6 Å². The predicted molar refractivity (Wildman–Crippen MR) is 88.5 cm³/mol. The molecule has 1 N–H and O–H groups in total. The number of aromatic nitrogens is 1. The van der Waals surface area contributed by atoms with Gasteiger partial charge >= 0.3 is 0 Å². The molecule has 0 saturated carbocycles. The molecule has 0 saturated heterocycles. The molecule has 1 aromatic heterocycles. The van der Waals surface area contributed by atoms with Crippen molar-refractivity contribution in [2.75, 3.05) is 11.6 Å². The van der Waals surface area contributed by atoms with Crippen LogP contribution in [0, 0.1) is 0 Å². The number of amides is 1. The summed E-state index contributed by atoms with van der Waals surface area (Å²) >= 11 is 0. The van der Waals surface area contributed by atoms with Gasteiger partial charge in [0, 0.05) is 47.2 Å². The lowest BCUT2D eigenvalue weighted by atomic mass is 10.1. The number of aryl methyl sites for hydroxylation is 1. The number of nitrogens with zero attached hydrogens (tertiary/aromatic N) is 1. The van der Waals surface area contributed by atoms with Crippen LogP contribution in [0.2, 0.25) is 0 Å². The van der Waals surface area contributed by atoms with Gasteiger partial charge < -0.3 is 9.88 Å². The van der Waals surface area contributed by atoms with Crippen molar-refractivity contribution >= 4 is 22.4 Å². The van der Waals surface area contributed by atoms with E-state index in [1.54, 1.807) is 36.7 Å². The molecule has 1 heterocycles. The minimum Gasteiger partial charge on any atom is -0.321 e. The third-order valence-corrected chi connectivity index (χ3v) is 3.88. The average Bonchev–Trinajstić information content (AvgIpc) is 2.48. The maximum atomic E-state index is 12.3. The zero-order valence-electron chi connectivity index (χ0n) is 12.5. The highest BCUT2D eigenvalue weighted by atomic mass is 32.2. The molecule has 22 heavy (non-hydrogen) atoms. The Kier molecular flexibility index (Phi) is 5.27. The Morgan fingerprint density at radius 3 is 2.73 bits per heavy atom. The summed E-state index contributed by atoms with van der Waals surface area (Å²) in [4.78, 5) is 23.8. The summed E-state index contributed by atoms with van der Waals surface area (Å²) in [5.41, 5.74) is 1.81. The van der Waals surface area contributed by atoms with Crippen LogP contribution in [-0.4, -0.2) is 20.9 Å². The predicted octanol–water partition coefficient (Wildman–Crippen LogP) is 2.00. The lowest BCUT2D eigenvalue weighted by Crippen LogP contribution is -2.19. The van der Waals surface area contributed by atoms with E-state index in [0.717, 1.165) is 5.56 Å². The molecule has 0 aliphatic rings. The maximum Gasteiger partial charge on any atom is 0.255 e. The quantitative estimate of drug-likeness (QED) is 0.917. The van der Waals surface area contributed by atoms with Crippen LogP contribution in [0.1, 0.15) is 22.8 Å². The van der Waals surface area contributed by atoms with Crippen LogP contribution < -0.4 is 10.9 Å². The van der Waals surface area contributed by atoms with E-state index >= 15 is 0 Å². The fourth-order valence-electron chi connectivity index (χ4n) is 2.09. The van der Waals surface area contributed by atoms with E-state index in [-0.39, 0.29) is 11.5 Å². The summed E-state index contributed by atoms with van der Waals surface area (Å²) in [6.45, 7) is 2.40. The first kappa shape index (κ1) is 16.2. The van der Waals surface area contributed by atoms with E-state index in [1.807, 2.05) is 13.0 Å². The Hall–Kier alpha value is -2.21. The lowest BCUT2D eigenvalue weighted by Gasteiger charge is -2.09. The normalized spacial score (nSPS) is 11.9. The van der Waals surface area contributed by atoms with Crippen LogP contribution in [-0.2, 0) is 23.1 Å². The molecular formula is C16H18N2O3S. The van der Waals surface area contributed by atoms with Gasteiger partial charge in [0.2, 0.25) is 0 Å². The molecule has 0 unspecified atom stereocenters. The summed E-state index contributed by atoms with van der Waals surface area (Å²) in [7, 11) is -0.953. The summed E-state index contributed by atoms with van der Waals surface area (Å²) in [6.07, 6.45) is 3.24. The van der Waals surface area contributed by atoms with Crippen molar-refractivity contribution in [2.45, 2.75) is 19.2 Å². The van der Waals surface area contributed by atoms with Gasteiger partial charge in [-0.3, -0.25) is 13.8 Å². The van der Waals surface area contributed by atoms with Crippen molar-refractivity contribution in [2.24, 2.45) is 0 Å². The van der Waals surface area contributed by atoms with Crippen LogP contribution in [0.5, 0.6) is 0 Å². The minimum absolute atomic E-state index is 0.104. The first-order chi connectivity index (χ1) is 10.5. The Morgan fingerprint density at radius 1 is 1.27 bits per heavy atom. The zero-order chi connectivity index (χ0) is 16.1. The zero-order valence-corrected chi connectivity index (χ0v) is 13.4. The van der Waals surface area contributed by atoms with Crippen molar-refractivity contribution in [1.29, 1.82) is 0 Å². The van der Waals surface area contributed by atoms with Gasteiger partial charge in [-0.15, -0.1) is 0 Å². The first-order valence-electron chi connectivity index (χ1n) is 6.90. The van der Waals surface area contributed by atoms with E-state index in [0.29, 0.717) is 23.5 Å². The summed E-state index contributed by atoms with van der Waals surface area (Å²) in [5.74, 6) is 0.159. The second kappa shape index (κ2) is 7.17. The smallest absolute Gasteiger partial charge is 0.255 e. The van der Waals surface area contributed by atoms with Crippen LogP contribution in [0.15, 0.2) is 47.4 Å². The molecule has 2 rings (SSSR count). The van der Waals surface area contributed by atoms with E-state index in [9.17, 15) is 13.8 Å². The number of hydrogen-bond acceptors (Lipinski definition) is 3. The van der Waals surface area contributed by atoms with Gasteiger partial charge in [-0.25, -0.2) is 0 Å². The number of nitrogens with one attached hydrogen (secondary N) is 1. The fraction of sp³-hybridized carbons (Fsp3) is 0.250. The fourth-order valence-corrected chi connectivity index (χ4v) is 2.74. The average molecular weight is 318 g/mol. The van der Waals surface area contributed by atoms with Crippen LogP contribution in [0.3, 0.4) is 0 Å². The number of rotatable bonds is 5. The number of benzene rings is 1. The number of carbonyl (C=O) groups excluding carboxylic acids is 1. The highest BCUT2D eigenvalue weighted by Crippen LogP contribution is 2.11. The van der Waals surface area contributed by atoms with E-state index in [2.05, 4.69) is 5.32 Å². The Morgan fingerprint density at radius 2 is 2.05 bits per heavy atom. The topological polar surface area (TPSA) is 68.2 Å². The monoisotopic (exact) mass is 318 g/mol. The minimum atomic E-state index is -0.953. The summed E-state index contributed by atoms with van der Waals surface area (Å²) in [6, 6.07) is 10.0. The Bertz CT molecular complexity index is 768. The third-order valence-electron chi connectivity index (χ3n) is 3.14. The number of pyridine rings is 1. The SMILES string of the molecule is CCn1cc(NC(=O)c2cccc(C[S@](C)=O)c2)ccc1=O. The Balaban J connectivity index is 2.18. The molecule has 2 aromatic rings. The lowest BCUT2D eigenvalue weighted by molar-refractivity contribution is 0.102. The largest absolute Gasteiger partial charge is 0.321 e. The van der Waals surface area contributed by atoms with E-state index in [4.69, 9.17) is 0 Å².